The molecule has 3 aromatic heterocycles. The molecule has 1 fully saturated rings. The van der Waals surface area contributed by atoms with Crippen molar-refractivity contribution in [3.8, 4) is 0 Å². The van der Waals surface area contributed by atoms with E-state index in [1.807, 2.05) is 29.9 Å². The van der Waals surface area contributed by atoms with E-state index in [1.165, 1.54) is 11.1 Å². The zero-order valence-electron chi connectivity index (χ0n) is 15.9. The van der Waals surface area contributed by atoms with Crippen LogP contribution in [0.25, 0.3) is 22.2 Å². The Hall–Kier alpha value is -3.28. The molecule has 6 nitrogen and oxygen atoms in total. The molecule has 1 aromatic carbocycles. The van der Waals surface area contributed by atoms with E-state index in [1.54, 1.807) is 6.33 Å². The molecule has 4 aromatic rings. The maximum atomic E-state index is 4.47. The molecule has 0 amide bonds. The van der Waals surface area contributed by atoms with Gasteiger partial charge in [0.05, 0.1) is 5.69 Å². The van der Waals surface area contributed by atoms with Gasteiger partial charge in [0.15, 0.2) is 0 Å². The largest absolute Gasteiger partial charge is 0.371 e. The van der Waals surface area contributed by atoms with Crippen molar-refractivity contribution in [1.82, 2.24) is 29.5 Å². The number of piperidine rings is 1. The molecule has 1 aliphatic heterocycles. The average molecular weight is 370 g/mol. The maximum Gasteiger partial charge on any atom is 0.252 e. The summed E-state index contributed by atoms with van der Waals surface area (Å²) in [5.74, 6) is 1.05. The summed E-state index contributed by atoms with van der Waals surface area (Å²) in [7, 11) is 0. The Morgan fingerprint density at radius 2 is 2.11 bits per heavy atom. The van der Waals surface area contributed by atoms with Crippen LogP contribution >= 0.6 is 0 Å². The summed E-state index contributed by atoms with van der Waals surface area (Å²) >= 11 is 0. The molecule has 28 heavy (non-hydrogen) atoms. The highest BCUT2D eigenvalue weighted by atomic mass is 15.3. The van der Waals surface area contributed by atoms with Crippen LogP contribution in [-0.4, -0.2) is 42.6 Å². The normalized spacial score (nSPS) is 17.3. The summed E-state index contributed by atoms with van der Waals surface area (Å²) in [5, 5.41) is 6.73. The van der Waals surface area contributed by atoms with Gasteiger partial charge >= 0.3 is 0 Å². The van der Waals surface area contributed by atoms with Gasteiger partial charge in [-0.1, -0.05) is 18.7 Å². The first-order valence-electron chi connectivity index (χ1n) is 9.64. The fraction of sp³-hybridized carbons (Fsp3) is 0.273. The molecule has 0 N–H and O–H groups in total. The highest BCUT2D eigenvalue weighted by molar-refractivity contribution is 5.85. The van der Waals surface area contributed by atoms with E-state index in [2.05, 4.69) is 55.8 Å². The summed E-state index contributed by atoms with van der Waals surface area (Å²) in [6.07, 6.45) is 7.56. The molecule has 4 heterocycles. The number of likely N-dealkylation sites (tertiary alicyclic amines) is 1. The maximum absolute atomic E-state index is 4.47. The minimum absolute atomic E-state index is 0.374. The lowest BCUT2D eigenvalue weighted by atomic mass is 9.93. The van der Waals surface area contributed by atoms with Gasteiger partial charge in [-0.15, -0.1) is 0 Å². The standard InChI is InChI=1S/C22H22N6/c1-15-10-21(28-22(26-15)24-14-25-28)19-4-3-9-27(13-19)16(2)18-6-5-17-7-8-23-12-20(17)11-18/h5-8,10-12,14,19H,2-4,9,13H2,1H3. The van der Waals surface area contributed by atoms with Gasteiger partial charge < -0.3 is 4.90 Å². The number of fused-ring (bicyclic) bond motifs is 2. The van der Waals surface area contributed by atoms with E-state index in [0.717, 1.165) is 48.3 Å². The number of nitrogens with zero attached hydrogens (tertiary/aromatic N) is 6. The van der Waals surface area contributed by atoms with E-state index < -0.39 is 0 Å². The fourth-order valence-corrected chi connectivity index (χ4v) is 4.16. The summed E-state index contributed by atoms with van der Waals surface area (Å²) in [4.78, 5) is 15.4. The minimum atomic E-state index is 0.374. The minimum Gasteiger partial charge on any atom is -0.371 e. The van der Waals surface area contributed by atoms with E-state index >= 15 is 0 Å². The van der Waals surface area contributed by atoms with Crippen LogP contribution in [0.1, 0.15) is 35.7 Å². The van der Waals surface area contributed by atoms with Crippen LogP contribution in [0.4, 0.5) is 0 Å². The van der Waals surface area contributed by atoms with Gasteiger partial charge in [0, 0.05) is 48.2 Å². The van der Waals surface area contributed by atoms with Crippen molar-refractivity contribution in [3.05, 3.63) is 72.6 Å². The van der Waals surface area contributed by atoms with Crippen molar-refractivity contribution in [2.45, 2.75) is 25.7 Å². The molecule has 0 aliphatic carbocycles. The first-order chi connectivity index (χ1) is 13.7. The number of aromatic nitrogens is 5. The number of hydrogen-bond acceptors (Lipinski definition) is 5. The summed E-state index contributed by atoms with van der Waals surface area (Å²) in [6.45, 7) is 8.36. The van der Waals surface area contributed by atoms with Crippen molar-refractivity contribution in [2.75, 3.05) is 13.1 Å². The molecule has 5 rings (SSSR count). The summed E-state index contributed by atoms with van der Waals surface area (Å²) in [5.41, 5.74) is 4.38. The first-order valence-corrected chi connectivity index (χ1v) is 9.64. The second-order valence-corrected chi connectivity index (χ2v) is 7.46. The van der Waals surface area contributed by atoms with Crippen molar-refractivity contribution in [3.63, 3.8) is 0 Å². The third-order valence-electron chi connectivity index (χ3n) is 5.60. The molecule has 0 bridgehead atoms. The van der Waals surface area contributed by atoms with E-state index in [4.69, 9.17) is 0 Å². The molecule has 1 aliphatic rings. The van der Waals surface area contributed by atoms with E-state index in [0.29, 0.717) is 11.7 Å². The van der Waals surface area contributed by atoms with Gasteiger partial charge in [0.1, 0.15) is 6.33 Å². The third-order valence-corrected chi connectivity index (χ3v) is 5.60. The van der Waals surface area contributed by atoms with Crippen LogP contribution < -0.4 is 0 Å². The second-order valence-electron chi connectivity index (χ2n) is 7.46. The average Bonchev–Trinajstić information content (AvgIpc) is 3.20. The Morgan fingerprint density at radius 1 is 1.18 bits per heavy atom. The van der Waals surface area contributed by atoms with Crippen LogP contribution in [0.15, 0.2) is 55.6 Å². The van der Waals surface area contributed by atoms with Crippen LogP contribution in [0.5, 0.6) is 0 Å². The highest BCUT2D eigenvalue weighted by Gasteiger charge is 2.25. The smallest absolute Gasteiger partial charge is 0.252 e. The molecule has 0 spiro atoms. The van der Waals surface area contributed by atoms with Crippen LogP contribution in [0.3, 0.4) is 0 Å². The Morgan fingerprint density at radius 3 is 3.04 bits per heavy atom. The fourth-order valence-electron chi connectivity index (χ4n) is 4.16. The van der Waals surface area contributed by atoms with Crippen molar-refractivity contribution >= 4 is 22.2 Å². The zero-order chi connectivity index (χ0) is 19.1. The molecule has 1 unspecified atom stereocenters. The van der Waals surface area contributed by atoms with Gasteiger partial charge in [0.25, 0.3) is 5.78 Å². The first kappa shape index (κ1) is 16.9. The molecule has 140 valence electrons. The SMILES string of the molecule is C=C(c1ccc2ccncc2c1)N1CCCC(c2cc(C)nc3ncnn23)C1. The van der Waals surface area contributed by atoms with Gasteiger partial charge in [-0.3, -0.25) is 4.98 Å². The Labute approximate surface area is 163 Å². The monoisotopic (exact) mass is 370 g/mol. The van der Waals surface area contributed by atoms with Gasteiger partial charge in [-0.05, 0) is 48.9 Å². The molecule has 1 atom stereocenters. The third kappa shape index (κ3) is 2.91. The number of rotatable bonds is 3. The molecule has 0 radical (unpaired) electrons. The van der Waals surface area contributed by atoms with Crippen molar-refractivity contribution in [2.24, 2.45) is 0 Å². The predicted octanol–water partition coefficient (Wildman–Crippen LogP) is 3.83. The molecular formula is C22H22N6. The highest BCUT2D eigenvalue weighted by Crippen LogP contribution is 2.32. The van der Waals surface area contributed by atoms with E-state index in [-0.39, 0.29) is 0 Å². The van der Waals surface area contributed by atoms with Crippen molar-refractivity contribution < 1.29 is 0 Å². The molecule has 0 saturated carbocycles. The summed E-state index contributed by atoms with van der Waals surface area (Å²) < 4.78 is 1.88. The Balaban J connectivity index is 1.44. The lowest BCUT2D eigenvalue weighted by Gasteiger charge is -2.36. The lowest BCUT2D eigenvalue weighted by molar-refractivity contribution is 0.290. The van der Waals surface area contributed by atoms with Gasteiger partial charge in [0.2, 0.25) is 0 Å². The Kier molecular flexibility index (Phi) is 4.04. The lowest BCUT2D eigenvalue weighted by Crippen LogP contribution is -2.33. The van der Waals surface area contributed by atoms with E-state index in [9.17, 15) is 0 Å². The van der Waals surface area contributed by atoms with Crippen molar-refractivity contribution in [1.29, 1.82) is 0 Å². The zero-order valence-corrected chi connectivity index (χ0v) is 15.9. The molecule has 1 saturated heterocycles. The van der Waals surface area contributed by atoms with Gasteiger partial charge in [-0.25, -0.2) is 9.50 Å². The number of pyridine rings is 1. The number of hydrogen-bond donors (Lipinski definition) is 0. The molecule has 6 heteroatoms. The Bertz CT molecular complexity index is 1180. The second kappa shape index (κ2) is 6.71. The number of aryl methyl sites for hydroxylation is 1. The topological polar surface area (TPSA) is 59.2 Å². The van der Waals surface area contributed by atoms with Crippen LogP contribution in [0.2, 0.25) is 0 Å². The van der Waals surface area contributed by atoms with Gasteiger partial charge in [-0.2, -0.15) is 10.1 Å². The van der Waals surface area contributed by atoms with Crippen LogP contribution in [0, 0.1) is 6.92 Å². The predicted molar refractivity (Wildman–Crippen MR) is 110 cm³/mol. The number of benzene rings is 1. The summed E-state index contributed by atoms with van der Waals surface area (Å²) in [6, 6.07) is 10.7. The van der Waals surface area contributed by atoms with Crippen LogP contribution in [-0.2, 0) is 0 Å². The molecular weight excluding hydrogens is 348 g/mol. The quantitative estimate of drug-likeness (QED) is 0.548.